The van der Waals surface area contributed by atoms with Gasteiger partial charge >= 0.3 is 5.97 Å². The molecule has 178 valence electrons. The van der Waals surface area contributed by atoms with Gasteiger partial charge < -0.3 is 23.9 Å². The third-order valence-electron chi connectivity index (χ3n) is 5.42. The molecule has 34 heavy (non-hydrogen) atoms. The van der Waals surface area contributed by atoms with Crippen LogP contribution in [0.1, 0.15) is 22.7 Å². The highest BCUT2D eigenvalue weighted by atomic mass is 35.5. The molecule has 0 bridgehead atoms. The number of hydrogen-bond donors (Lipinski definition) is 1. The number of imidazole rings is 1. The SMILES string of the molecule is COc1ccc2nc(CCOc3ccc(CCC(=O)O)c(OCc4ccc(Cl)s4)c3)n(C)c2c1. The van der Waals surface area contributed by atoms with Gasteiger partial charge in [0, 0.05) is 36.9 Å². The van der Waals surface area contributed by atoms with E-state index in [0.29, 0.717) is 41.9 Å². The van der Waals surface area contributed by atoms with Gasteiger partial charge in [-0.05, 0) is 42.3 Å². The summed E-state index contributed by atoms with van der Waals surface area (Å²) in [7, 11) is 3.62. The first kappa shape index (κ1) is 23.9. The third-order valence-corrected chi connectivity index (χ3v) is 6.63. The number of carboxylic acids is 1. The molecule has 9 heteroatoms. The van der Waals surface area contributed by atoms with Crippen LogP contribution in [0.15, 0.2) is 48.5 Å². The number of ether oxygens (including phenoxy) is 3. The molecular weight excluding hydrogens is 476 g/mol. The molecule has 0 aliphatic rings. The van der Waals surface area contributed by atoms with Crippen LogP contribution in [0.5, 0.6) is 17.2 Å². The number of nitrogens with zero attached hydrogens (tertiary/aromatic N) is 2. The van der Waals surface area contributed by atoms with Gasteiger partial charge in [0.05, 0.1) is 29.1 Å². The summed E-state index contributed by atoms with van der Waals surface area (Å²) in [5.41, 5.74) is 2.73. The number of fused-ring (bicyclic) bond motifs is 1. The summed E-state index contributed by atoms with van der Waals surface area (Å²) in [4.78, 5) is 16.7. The highest BCUT2D eigenvalue weighted by Gasteiger charge is 2.12. The van der Waals surface area contributed by atoms with Crippen molar-refractivity contribution in [2.24, 2.45) is 7.05 Å². The average Bonchev–Trinajstić information content (AvgIpc) is 3.39. The Morgan fingerprint density at radius 2 is 1.91 bits per heavy atom. The van der Waals surface area contributed by atoms with Crippen LogP contribution >= 0.6 is 22.9 Å². The Hall–Kier alpha value is -3.23. The van der Waals surface area contributed by atoms with Crippen LogP contribution in [-0.2, 0) is 31.3 Å². The lowest BCUT2D eigenvalue weighted by atomic mass is 10.1. The van der Waals surface area contributed by atoms with Crippen molar-refractivity contribution in [3.05, 3.63) is 69.1 Å². The second kappa shape index (κ2) is 10.8. The highest BCUT2D eigenvalue weighted by Crippen LogP contribution is 2.29. The first-order chi connectivity index (χ1) is 16.4. The fourth-order valence-electron chi connectivity index (χ4n) is 3.62. The van der Waals surface area contributed by atoms with Gasteiger partial charge in [-0.3, -0.25) is 4.79 Å². The van der Waals surface area contributed by atoms with Gasteiger partial charge in [0.1, 0.15) is 29.7 Å². The molecule has 0 saturated carbocycles. The number of carbonyl (C=O) groups is 1. The minimum Gasteiger partial charge on any atom is -0.497 e. The van der Waals surface area contributed by atoms with E-state index in [0.717, 1.165) is 33.0 Å². The molecule has 7 nitrogen and oxygen atoms in total. The van der Waals surface area contributed by atoms with E-state index in [1.807, 2.05) is 60.1 Å². The van der Waals surface area contributed by atoms with Crippen molar-refractivity contribution < 1.29 is 24.1 Å². The first-order valence-electron chi connectivity index (χ1n) is 10.8. The summed E-state index contributed by atoms with van der Waals surface area (Å²) in [6, 6.07) is 15.1. The zero-order valence-electron chi connectivity index (χ0n) is 18.9. The Kier molecular flexibility index (Phi) is 7.59. The lowest BCUT2D eigenvalue weighted by Crippen LogP contribution is -2.07. The summed E-state index contributed by atoms with van der Waals surface area (Å²) in [5.74, 6) is 2.11. The van der Waals surface area contributed by atoms with E-state index >= 15 is 0 Å². The molecule has 2 aromatic carbocycles. The minimum atomic E-state index is -0.851. The molecule has 1 N–H and O–H groups in total. The van der Waals surface area contributed by atoms with E-state index in [2.05, 4.69) is 0 Å². The Morgan fingerprint density at radius 1 is 1.09 bits per heavy atom. The number of hydrogen-bond acceptors (Lipinski definition) is 6. The zero-order chi connectivity index (χ0) is 24.1. The number of methoxy groups -OCH3 is 1. The number of aryl methyl sites for hydroxylation is 2. The molecule has 2 heterocycles. The van der Waals surface area contributed by atoms with Gasteiger partial charge in [0.25, 0.3) is 0 Å². The molecule has 0 amide bonds. The lowest BCUT2D eigenvalue weighted by Gasteiger charge is -2.13. The molecule has 0 saturated heterocycles. The maximum absolute atomic E-state index is 11.0. The molecule has 0 aliphatic carbocycles. The number of aliphatic carboxylic acids is 1. The van der Waals surface area contributed by atoms with Crippen molar-refractivity contribution in [2.45, 2.75) is 25.9 Å². The molecule has 2 aromatic heterocycles. The van der Waals surface area contributed by atoms with Gasteiger partial charge in [-0.2, -0.15) is 0 Å². The average molecular weight is 501 g/mol. The predicted octanol–water partition coefficient (Wildman–Crippen LogP) is 5.51. The zero-order valence-corrected chi connectivity index (χ0v) is 20.5. The second-order valence-electron chi connectivity index (χ2n) is 7.70. The first-order valence-corrected chi connectivity index (χ1v) is 12.0. The molecule has 0 aliphatic heterocycles. The molecular formula is C25H25ClN2O5S. The Balaban J connectivity index is 1.44. The minimum absolute atomic E-state index is 0.0267. The fourth-order valence-corrected chi connectivity index (χ4v) is 4.62. The van der Waals surface area contributed by atoms with E-state index in [4.69, 9.17) is 35.9 Å². The van der Waals surface area contributed by atoms with Crippen LogP contribution in [0.25, 0.3) is 11.0 Å². The number of benzene rings is 2. The van der Waals surface area contributed by atoms with E-state index in [-0.39, 0.29) is 6.42 Å². The van der Waals surface area contributed by atoms with Crippen LogP contribution < -0.4 is 14.2 Å². The topological polar surface area (TPSA) is 82.8 Å². The molecule has 4 aromatic rings. The maximum Gasteiger partial charge on any atom is 0.303 e. The maximum atomic E-state index is 11.0. The lowest BCUT2D eigenvalue weighted by molar-refractivity contribution is -0.136. The van der Waals surface area contributed by atoms with E-state index in [1.54, 1.807) is 7.11 Å². The number of rotatable bonds is 11. The van der Waals surface area contributed by atoms with Gasteiger partial charge in [-0.25, -0.2) is 4.98 Å². The predicted molar refractivity (Wildman–Crippen MR) is 133 cm³/mol. The summed E-state index contributed by atoms with van der Waals surface area (Å²) >= 11 is 7.46. The number of carboxylic acid groups (broad SMARTS) is 1. The van der Waals surface area contributed by atoms with E-state index in [9.17, 15) is 4.79 Å². The van der Waals surface area contributed by atoms with Crippen molar-refractivity contribution in [1.29, 1.82) is 0 Å². The van der Waals surface area contributed by atoms with Gasteiger partial charge in [0.15, 0.2) is 0 Å². The van der Waals surface area contributed by atoms with E-state index in [1.165, 1.54) is 11.3 Å². The third kappa shape index (κ3) is 5.81. The molecule has 0 fully saturated rings. The van der Waals surface area contributed by atoms with Crippen molar-refractivity contribution in [3.63, 3.8) is 0 Å². The largest absolute Gasteiger partial charge is 0.497 e. The number of aromatic nitrogens is 2. The number of thiophene rings is 1. The summed E-state index contributed by atoms with van der Waals surface area (Å²) in [6.45, 7) is 0.785. The van der Waals surface area contributed by atoms with Gasteiger partial charge in [-0.1, -0.05) is 17.7 Å². The molecule has 0 radical (unpaired) electrons. The Morgan fingerprint density at radius 3 is 2.65 bits per heavy atom. The number of halogens is 1. The Labute approximate surface area is 206 Å². The van der Waals surface area contributed by atoms with Crippen molar-refractivity contribution >= 4 is 39.9 Å². The molecule has 0 spiro atoms. The molecule has 0 atom stereocenters. The summed E-state index contributed by atoms with van der Waals surface area (Å²) in [5, 5.41) is 9.07. The highest BCUT2D eigenvalue weighted by molar-refractivity contribution is 7.16. The van der Waals surface area contributed by atoms with Crippen molar-refractivity contribution in [1.82, 2.24) is 9.55 Å². The second-order valence-corrected chi connectivity index (χ2v) is 9.50. The van der Waals surface area contributed by atoms with Gasteiger partial charge in [-0.15, -0.1) is 11.3 Å². The quantitative estimate of drug-likeness (QED) is 0.292. The summed E-state index contributed by atoms with van der Waals surface area (Å²) < 4.78 is 20.0. The molecule has 4 rings (SSSR count). The van der Waals surface area contributed by atoms with E-state index < -0.39 is 5.97 Å². The van der Waals surface area contributed by atoms with Crippen LogP contribution in [-0.4, -0.2) is 34.3 Å². The van der Waals surface area contributed by atoms with Gasteiger partial charge in [0.2, 0.25) is 0 Å². The van der Waals surface area contributed by atoms with Crippen molar-refractivity contribution in [3.8, 4) is 17.2 Å². The normalized spacial score (nSPS) is 11.0. The Bertz CT molecular complexity index is 1300. The van der Waals surface area contributed by atoms with Crippen LogP contribution in [0.2, 0.25) is 4.34 Å². The van der Waals surface area contributed by atoms with Crippen LogP contribution in [0.3, 0.4) is 0 Å². The monoisotopic (exact) mass is 500 g/mol. The standard InChI is InChI=1S/C25H25ClN2O5S/c1-28-21-13-17(31-2)6-8-20(21)27-24(28)11-12-32-18-5-3-16(4-10-25(29)30)22(14-18)33-15-19-7-9-23(26)34-19/h3,5-9,13-14H,4,10-12,15H2,1-2H3,(H,29,30). The molecule has 0 unspecified atom stereocenters. The van der Waals surface area contributed by atoms with Crippen LogP contribution in [0, 0.1) is 0 Å². The smallest absolute Gasteiger partial charge is 0.303 e. The van der Waals surface area contributed by atoms with Crippen LogP contribution in [0.4, 0.5) is 0 Å². The fraction of sp³-hybridized carbons (Fsp3) is 0.280. The summed E-state index contributed by atoms with van der Waals surface area (Å²) in [6.07, 6.45) is 1.02. The van der Waals surface area contributed by atoms with Crippen molar-refractivity contribution in [2.75, 3.05) is 13.7 Å².